The van der Waals surface area contributed by atoms with Crippen molar-refractivity contribution >= 4 is 5.91 Å². The van der Waals surface area contributed by atoms with Gasteiger partial charge in [0, 0.05) is 13.0 Å². The van der Waals surface area contributed by atoms with Crippen molar-refractivity contribution < 1.29 is 4.79 Å². The van der Waals surface area contributed by atoms with Gasteiger partial charge in [0.2, 0.25) is 5.91 Å². The Kier molecular flexibility index (Phi) is 5.93. The molecule has 0 aromatic heterocycles. The van der Waals surface area contributed by atoms with Crippen molar-refractivity contribution in [2.45, 2.75) is 51.4 Å². The summed E-state index contributed by atoms with van der Waals surface area (Å²) in [4.78, 5) is 11.6. The molecule has 0 spiro atoms. The molecule has 1 amide bonds. The van der Waals surface area contributed by atoms with Gasteiger partial charge >= 0.3 is 0 Å². The van der Waals surface area contributed by atoms with Crippen molar-refractivity contribution in [3.8, 4) is 0 Å². The average Bonchev–Trinajstić information content (AvgIpc) is 2.47. The number of hydrogen-bond acceptors (Lipinski definition) is 1. The second kappa shape index (κ2) is 7.98. The maximum atomic E-state index is 11.6. The molecule has 1 aromatic carbocycles. The Hall–Kier alpha value is -1.31. The van der Waals surface area contributed by atoms with E-state index in [0.717, 1.165) is 25.8 Å². The molecule has 0 saturated carbocycles. The molecule has 1 aliphatic heterocycles. The number of benzene rings is 1. The first kappa shape index (κ1) is 14.1. The van der Waals surface area contributed by atoms with E-state index in [1.54, 1.807) is 0 Å². The third-order valence-corrected chi connectivity index (χ3v) is 4.01. The molecule has 1 saturated heterocycles. The number of nitrogens with one attached hydrogen (secondary N) is 1. The Morgan fingerprint density at radius 3 is 2.63 bits per heavy atom. The van der Waals surface area contributed by atoms with Crippen molar-refractivity contribution in [1.29, 1.82) is 0 Å². The lowest BCUT2D eigenvalue weighted by Gasteiger charge is -2.16. The molecule has 0 aliphatic carbocycles. The van der Waals surface area contributed by atoms with Gasteiger partial charge in [-0.25, -0.2) is 0 Å². The lowest BCUT2D eigenvalue weighted by atomic mass is 9.91. The monoisotopic (exact) mass is 259 g/mol. The van der Waals surface area contributed by atoms with Crippen LogP contribution < -0.4 is 5.32 Å². The lowest BCUT2D eigenvalue weighted by molar-refractivity contribution is -0.121. The third kappa shape index (κ3) is 5.46. The average molecular weight is 259 g/mol. The largest absolute Gasteiger partial charge is 0.356 e. The molecule has 1 unspecified atom stereocenters. The SMILES string of the molecule is O=C1CCCCCCC(Cc2ccccc2)CCN1. The van der Waals surface area contributed by atoms with Gasteiger partial charge in [-0.1, -0.05) is 56.0 Å². The Balaban J connectivity index is 1.87. The number of rotatable bonds is 2. The smallest absolute Gasteiger partial charge is 0.219 e. The summed E-state index contributed by atoms with van der Waals surface area (Å²) >= 11 is 0. The second-order valence-electron chi connectivity index (χ2n) is 5.65. The molecule has 1 fully saturated rings. The van der Waals surface area contributed by atoms with Crippen LogP contribution in [-0.2, 0) is 11.2 Å². The fourth-order valence-electron chi connectivity index (χ4n) is 2.87. The summed E-state index contributed by atoms with van der Waals surface area (Å²) in [6.45, 7) is 0.844. The zero-order valence-electron chi connectivity index (χ0n) is 11.7. The highest BCUT2D eigenvalue weighted by atomic mass is 16.1. The summed E-state index contributed by atoms with van der Waals surface area (Å²) in [6.07, 6.45) is 9.11. The highest BCUT2D eigenvalue weighted by Crippen LogP contribution is 2.20. The second-order valence-corrected chi connectivity index (χ2v) is 5.65. The molecule has 2 rings (SSSR count). The molecule has 1 heterocycles. The minimum absolute atomic E-state index is 0.236. The van der Waals surface area contributed by atoms with Gasteiger partial charge in [0.05, 0.1) is 0 Å². The van der Waals surface area contributed by atoms with Gasteiger partial charge in [-0.15, -0.1) is 0 Å². The number of carbonyl (C=O) groups excluding carboxylic acids is 1. The van der Waals surface area contributed by atoms with Gasteiger partial charge in [0.1, 0.15) is 0 Å². The van der Waals surface area contributed by atoms with Crippen molar-refractivity contribution in [2.24, 2.45) is 5.92 Å². The predicted octanol–water partition coefficient (Wildman–Crippen LogP) is 3.71. The normalized spacial score (nSPS) is 22.3. The maximum absolute atomic E-state index is 11.6. The van der Waals surface area contributed by atoms with Crippen molar-refractivity contribution in [2.75, 3.05) is 6.54 Å². The van der Waals surface area contributed by atoms with E-state index in [1.807, 2.05) is 0 Å². The summed E-state index contributed by atoms with van der Waals surface area (Å²) < 4.78 is 0. The van der Waals surface area contributed by atoms with E-state index in [0.29, 0.717) is 12.3 Å². The highest BCUT2D eigenvalue weighted by molar-refractivity contribution is 5.75. The first-order chi connectivity index (χ1) is 9.34. The van der Waals surface area contributed by atoms with Crippen LogP contribution in [0.5, 0.6) is 0 Å². The van der Waals surface area contributed by atoms with Crippen LogP contribution in [0.25, 0.3) is 0 Å². The molecule has 2 heteroatoms. The molecule has 1 aromatic rings. The van der Waals surface area contributed by atoms with E-state index in [2.05, 4.69) is 35.6 Å². The lowest BCUT2D eigenvalue weighted by Crippen LogP contribution is -2.25. The third-order valence-electron chi connectivity index (χ3n) is 4.01. The van der Waals surface area contributed by atoms with E-state index < -0.39 is 0 Å². The summed E-state index contributed by atoms with van der Waals surface area (Å²) in [6, 6.07) is 10.7. The fourth-order valence-corrected chi connectivity index (χ4v) is 2.87. The van der Waals surface area contributed by atoms with Gasteiger partial charge in [-0.05, 0) is 30.7 Å². The van der Waals surface area contributed by atoms with Crippen molar-refractivity contribution in [3.63, 3.8) is 0 Å². The molecule has 0 radical (unpaired) electrons. The van der Waals surface area contributed by atoms with Gasteiger partial charge in [-0.2, -0.15) is 0 Å². The first-order valence-electron chi connectivity index (χ1n) is 7.65. The fraction of sp³-hybridized carbons (Fsp3) is 0.588. The maximum Gasteiger partial charge on any atom is 0.219 e. The minimum Gasteiger partial charge on any atom is -0.356 e. The molecule has 1 aliphatic rings. The Labute approximate surface area is 116 Å². The molecular formula is C17H25NO. The van der Waals surface area contributed by atoms with Crippen LogP contribution in [0.15, 0.2) is 30.3 Å². The van der Waals surface area contributed by atoms with Gasteiger partial charge in [0.25, 0.3) is 0 Å². The first-order valence-corrected chi connectivity index (χ1v) is 7.65. The van der Waals surface area contributed by atoms with E-state index in [4.69, 9.17) is 0 Å². The molecule has 0 bridgehead atoms. The predicted molar refractivity (Wildman–Crippen MR) is 79.0 cm³/mol. The number of hydrogen-bond donors (Lipinski definition) is 1. The molecule has 1 atom stereocenters. The van der Waals surface area contributed by atoms with Crippen molar-refractivity contribution in [3.05, 3.63) is 35.9 Å². The van der Waals surface area contributed by atoms with E-state index in [-0.39, 0.29) is 5.91 Å². The number of amides is 1. The zero-order chi connectivity index (χ0) is 13.3. The van der Waals surface area contributed by atoms with Gasteiger partial charge < -0.3 is 5.32 Å². The van der Waals surface area contributed by atoms with Crippen LogP contribution in [0, 0.1) is 5.92 Å². The van der Waals surface area contributed by atoms with Gasteiger partial charge in [0.15, 0.2) is 0 Å². The summed E-state index contributed by atoms with van der Waals surface area (Å²) in [5, 5.41) is 3.06. The highest BCUT2D eigenvalue weighted by Gasteiger charge is 2.12. The van der Waals surface area contributed by atoms with Crippen LogP contribution in [0.4, 0.5) is 0 Å². The Morgan fingerprint density at radius 1 is 1.00 bits per heavy atom. The van der Waals surface area contributed by atoms with E-state index in [9.17, 15) is 4.79 Å². The van der Waals surface area contributed by atoms with Crippen molar-refractivity contribution in [1.82, 2.24) is 5.32 Å². The Morgan fingerprint density at radius 2 is 1.79 bits per heavy atom. The Bertz CT molecular complexity index is 374. The summed E-state index contributed by atoms with van der Waals surface area (Å²) in [5.41, 5.74) is 1.42. The van der Waals surface area contributed by atoms with Crippen LogP contribution in [0.1, 0.15) is 50.5 Å². The van der Waals surface area contributed by atoms with Crippen LogP contribution in [0.3, 0.4) is 0 Å². The van der Waals surface area contributed by atoms with Crippen LogP contribution in [0.2, 0.25) is 0 Å². The molecule has 104 valence electrons. The molecular weight excluding hydrogens is 234 g/mol. The number of carbonyl (C=O) groups is 1. The minimum atomic E-state index is 0.236. The molecule has 1 N–H and O–H groups in total. The van der Waals surface area contributed by atoms with Crippen LogP contribution in [-0.4, -0.2) is 12.5 Å². The van der Waals surface area contributed by atoms with E-state index >= 15 is 0 Å². The topological polar surface area (TPSA) is 29.1 Å². The van der Waals surface area contributed by atoms with E-state index in [1.165, 1.54) is 31.2 Å². The quantitative estimate of drug-likeness (QED) is 0.862. The van der Waals surface area contributed by atoms with Crippen LogP contribution >= 0.6 is 0 Å². The standard InChI is InChI=1S/C17H25NO/c19-17-11-7-2-1-4-10-16(12-13-18-17)14-15-8-5-3-6-9-15/h3,5-6,8-9,16H,1-2,4,7,10-14H2,(H,18,19). The van der Waals surface area contributed by atoms with Gasteiger partial charge in [-0.3, -0.25) is 4.79 Å². The molecule has 19 heavy (non-hydrogen) atoms. The summed E-state index contributed by atoms with van der Waals surface area (Å²) in [7, 11) is 0. The zero-order valence-corrected chi connectivity index (χ0v) is 11.7. The summed E-state index contributed by atoms with van der Waals surface area (Å²) in [5.74, 6) is 0.946. The molecule has 2 nitrogen and oxygen atoms in total.